The van der Waals surface area contributed by atoms with Crippen LogP contribution < -0.4 is 11.2 Å². The van der Waals surface area contributed by atoms with Gasteiger partial charge < -0.3 is 10.8 Å². The van der Waals surface area contributed by atoms with Crippen LogP contribution in [-0.2, 0) is 0 Å². The van der Waals surface area contributed by atoms with E-state index in [1.54, 1.807) is 0 Å². The zero-order valence-corrected chi connectivity index (χ0v) is 16.4. The molecule has 0 spiro atoms. The fraction of sp³-hybridized carbons (Fsp3) is 0.900. The summed E-state index contributed by atoms with van der Waals surface area (Å²) in [5.74, 6) is 3.14. The predicted molar refractivity (Wildman–Crippen MR) is 105 cm³/mol. The van der Waals surface area contributed by atoms with Gasteiger partial charge in [-0.05, 0) is 105 Å². The molecule has 0 aromatic heterocycles. The summed E-state index contributed by atoms with van der Waals surface area (Å²) >= 11 is 4.88. The average Bonchev–Trinajstić information content (AvgIpc) is 2.88. The van der Waals surface area contributed by atoms with E-state index in [-0.39, 0.29) is 16.6 Å². The Balaban J connectivity index is 1.53. The van der Waals surface area contributed by atoms with Crippen molar-refractivity contribution in [2.75, 3.05) is 0 Å². The molecule has 4 N–H and O–H groups in total. The van der Waals surface area contributed by atoms with Crippen LogP contribution in [0.3, 0.4) is 0 Å². The number of nitrogens with two attached hydrogens (primary N) is 1. The summed E-state index contributed by atoms with van der Waals surface area (Å²) in [5, 5.41) is 15.3. The van der Waals surface area contributed by atoms with Crippen LogP contribution in [0.5, 0.6) is 0 Å². The van der Waals surface area contributed by atoms with E-state index in [0.717, 1.165) is 42.9 Å². The summed E-state index contributed by atoms with van der Waals surface area (Å²) in [4.78, 5) is 0. The van der Waals surface area contributed by atoms with Gasteiger partial charge in [0.05, 0.1) is 6.10 Å². The van der Waals surface area contributed by atoms with Crippen molar-refractivity contribution in [1.29, 1.82) is 0 Å². The summed E-state index contributed by atoms with van der Waals surface area (Å²) in [5.41, 5.74) is 10.2. The molecule has 0 amide bonds. The van der Waals surface area contributed by atoms with E-state index in [9.17, 15) is 5.11 Å². The van der Waals surface area contributed by atoms with Crippen molar-refractivity contribution in [3.05, 3.63) is 0 Å². The molecule has 7 atom stereocenters. The normalized spacial score (nSPS) is 50.7. The maximum absolute atomic E-state index is 10.6. The Labute approximate surface area is 157 Å². The standard InChI is InChI=1S/C20H33N3OS/c1-19-9-7-13(22-23-18(21)25)11-12(19)3-4-14-15-5-6-17(24)20(15,2)10-8-16(14)19/h12,14-17,24H,3-11H2,1-2H3,(H3,21,23,25)/t12-,14+,15+,16+,17-,19-,20-/m0/s1. The number of fused-ring (bicyclic) bond motifs is 5. The summed E-state index contributed by atoms with van der Waals surface area (Å²) < 4.78 is 0. The SMILES string of the molecule is C[C@]12CCC(=NNC(N)=S)C[C@@H]1CC[C@H]1[C@H]2CC[C@@]2(C)[C@@H]1CC[C@@H]2O. The lowest BCUT2D eigenvalue weighted by molar-refractivity contribution is -0.112. The Morgan fingerprint density at radius 2 is 1.88 bits per heavy atom. The Hall–Kier alpha value is -0.680. The van der Waals surface area contributed by atoms with Gasteiger partial charge in [0.15, 0.2) is 5.11 Å². The topological polar surface area (TPSA) is 70.6 Å². The van der Waals surface area contributed by atoms with Crippen LogP contribution in [0.2, 0.25) is 0 Å². The van der Waals surface area contributed by atoms with Gasteiger partial charge in [0.2, 0.25) is 0 Å². The molecule has 4 aliphatic carbocycles. The highest BCUT2D eigenvalue weighted by Gasteiger charge is 2.59. The molecule has 4 rings (SSSR count). The van der Waals surface area contributed by atoms with Crippen LogP contribution in [0.25, 0.3) is 0 Å². The fourth-order valence-electron chi connectivity index (χ4n) is 7.27. The highest BCUT2D eigenvalue weighted by atomic mass is 32.1. The molecule has 0 radical (unpaired) electrons. The Morgan fingerprint density at radius 3 is 2.64 bits per heavy atom. The van der Waals surface area contributed by atoms with Gasteiger partial charge in [-0.15, -0.1) is 0 Å². The van der Waals surface area contributed by atoms with Gasteiger partial charge in [0.1, 0.15) is 0 Å². The molecular weight excluding hydrogens is 330 g/mol. The predicted octanol–water partition coefficient (Wildman–Crippen LogP) is 3.58. The summed E-state index contributed by atoms with van der Waals surface area (Å²) in [6.45, 7) is 4.92. The second kappa shape index (κ2) is 6.19. The maximum atomic E-state index is 10.6. The molecule has 4 aliphatic rings. The highest BCUT2D eigenvalue weighted by Crippen LogP contribution is 2.65. The Bertz CT molecular complexity index is 593. The van der Waals surface area contributed by atoms with E-state index in [0.29, 0.717) is 5.41 Å². The zero-order valence-electron chi connectivity index (χ0n) is 15.6. The minimum atomic E-state index is -0.0692. The molecule has 25 heavy (non-hydrogen) atoms. The molecule has 0 heterocycles. The molecular formula is C20H33N3OS. The van der Waals surface area contributed by atoms with Crippen LogP contribution in [0, 0.1) is 34.5 Å². The van der Waals surface area contributed by atoms with Crippen molar-refractivity contribution in [1.82, 2.24) is 5.43 Å². The first-order valence-electron chi connectivity index (χ1n) is 10.1. The highest BCUT2D eigenvalue weighted by molar-refractivity contribution is 7.80. The zero-order chi connectivity index (χ0) is 17.8. The molecule has 4 nitrogen and oxygen atoms in total. The van der Waals surface area contributed by atoms with E-state index < -0.39 is 0 Å². The van der Waals surface area contributed by atoms with Gasteiger partial charge in [-0.1, -0.05) is 13.8 Å². The molecule has 0 aromatic rings. The summed E-state index contributed by atoms with van der Waals surface area (Å²) in [7, 11) is 0. The van der Waals surface area contributed by atoms with Gasteiger partial charge in [-0.3, -0.25) is 5.43 Å². The third-order valence-corrected chi connectivity index (χ3v) is 8.86. The lowest BCUT2D eigenvalue weighted by Crippen LogP contribution is -2.54. The van der Waals surface area contributed by atoms with Crippen LogP contribution in [-0.4, -0.2) is 22.0 Å². The number of aliphatic hydroxyl groups is 1. The molecule has 0 bridgehead atoms. The van der Waals surface area contributed by atoms with E-state index in [2.05, 4.69) is 24.4 Å². The van der Waals surface area contributed by atoms with Gasteiger partial charge in [-0.2, -0.15) is 5.10 Å². The van der Waals surface area contributed by atoms with Crippen molar-refractivity contribution < 1.29 is 5.11 Å². The number of thiocarbonyl (C=S) groups is 1. The third kappa shape index (κ3) is 2.73. The molecule has 0 unspecified atom stereocenters. The lowest BCUT2D eigenvalue weighted by Gasteiger charge is -2.60. The van der Waals surface area contributed by atoms with Gasteiger partial charge >= 0.3 is 0 Å². The van der Waals surface area contributed by atoms with E-state index >= 15 is 0 Å². The van der Waals surface area contributed by atoms with Gasteiger partial charge in [0.25, 0.3) is 0 Å². The summed E-state index contributed by atoms with van der Waals surface area (Å²) in [6.07, 6.45) is 10.8. The third-order valence-electron chi connectivity index (χ3n) is 8.77. The number of hydrogen-bond acceptors (Lipinski definition) is 3. The molecule has 0 aliphatic heterocycles. The number of hydrazone groups is 1. The first-order valence-corrected chi connectivity index (χ1v) is 10.5. The van der Waals surface area contributed by atoms with Crippen LogP contribution >= 0.6 is 12.2 Å². The number of rotatable bonds is 1. The number of nitrogens with one attached hydrogen (secondary N) is 1. The van der Waals surface area contributed by atoms with Gasteiger partial charge in [0, 0.05) is 5.71 Å². The van der Waals surface area contributed by atoms with Crippen molar-refractivity contribution >= 4 is 23.0 Å². The quantitative estimate of drug-likeness (QED) is 0.492. The first kappa shape index (κ1) is 17.7. The minimum absolute atomic E-state index is 0.0692. The van der Waals surface area contributed by atoms with E-state index in [1.165, 1.54) is 44.2 Å². The molecule has 4 fully saturated rings. The second-order valence-corrected chi connectivity index (χ2v) is 10.1. The molecule has 4 saturated carbocycles. The van der Waals surface area contributed by atoms with Crippen LogP contribution in [0.15, 0.2) is 5.10 Å². The van der Waals surface area contributed by atoms with Gasteiger partial charge in [-0.25, -0.2) is 0 Å². The van der Waals surface area contributed by atoms with Crippen molar-refractivity contribution in [3.63, 3.8) is 0 Å². The Kier molecular flexibility index (Phi) is 4.39. The molecule has 140 valence electrons. The monoisotopic (exact) mass is 363 g/mol. The first-order chi connectivity index (χ1) is 11.8. The number of nitrogens with zero attached hydrogens (tertiary/aromatic N) is 1. The van der Waals surface area contributed by atoms with E-state index in [1.807, 2.05) is 0 Å². The van der Waals surface area contributed by atoms with E-state index in [4.69, 9.17) is 18.0 Å². The summed E-state index contributed by atoms with van der Waals surface area (Å²) in [6, 6.07) is 0. The minimum Gasteiger partial charge on any atom is -0.393 e. The van der Waals surface area contributed by atoms with Crippen molar-refractivity contribution in [2.45, 2.75) is 77.7 Å². The second-order valence-electron chi connectivity index (χ2n) is 9.65. The molecule has 0 saturated heterocycles. The molecule has 5 heteroatoms. The fourth-order valence-corrected chi connectivity index (χ4v) is 7.31. The van der Waals surface area contributed by atoms with Crippen LogP contribution in [0.4, 0.5) is 0 Å². The smallest absolute Gasteiger partial charge is 0.184 e. The number of hydrogen-bond donors (Lipinski definition) is 3. The maximum Gasteiger partial charge on any atom is 0.184 e. The van der Waals surface area contributed by atoms with Crippen LogP contribution in [0.1, 0.15) is 71.6 Å². The molecule has 0 aromatic carbocycles. The average molecular weight is 364 g/mol. The number of aliphatic hydroxyl groups excluding tert-OH is 1. The Morgan fingerprint density at radius 1 is 1.12 bits per heavy atom. The largest absolute Gasteiger partial charge is 0.393 e. The lowest BCUT2D eigenvalue weighted by atomic mass is 9.45. The van der Waals surface area contributed by atoms with Crippen molar-refractivity contribution in [2.24, 2.45) is 45.3 Å². The van der Waals surface area contributed by atoms with Crippen molar-refractivity contribution in [3.8, 4) is 0 Å².